The third-order valence-electron chi connectivity index (χ3n) is 4.42. The summed E-state index contributed by atoms with van der Waals surface area (Å²) in [7, 11) is -3.84. The second-order valence-corrected chi connectivity index (χ2v) is 8.49. The summed E-state index contributed by atoms with van der Waals surface area (Å²) in [6, 6.07) is 11.5. The molecule has 6 nitrogen and oxygen atoms in total. The molecule has 29 heavy (non-hydrogen) atoms. The Kier molecular flexibility index (Phi) is 8.08. The van der Waals surface area contributed by atoms with Crippen molar-refractivity contribution in [2.45, 2.75) is 45.4 Å². The molecule has 2 aromatic rings. The molecule has 0 bridgehead atoms. The molecule has 7 heteroatoms. The Morgan fingerprint density at radius 3 is 2.17 bits per heavy atom. The molecule has 0 aliphatic heterocycles. The largest absolute Gasteiger partial charge is 0.494 e. The fourth-order valence-electron chi connectivity index (χ4n) is 3.06. The zero-order valence-corrected chi connectivity index (χ0v) is 18.4. The van der Waals surface area contributed by atoms with Crippen LogP contribution >= 0.6 is 0 Å². The molecule has 0 radical (unpaired) electrons. The Balaban J connectivity index is 2.30. The van der Waals surface area contributed by atoms with Crippen molar-refractivity contribution in [3.63, 3.8) is 0 Å². The van der Waals surface area contributed by atoms with E-state index in [9.17, 15) is 13.2 Å². The minimum absolute atomic E-state index is 0.102. The van der Waals surface area contributed by atoms with Gasteiger partial charge < -0.3 is 9.64 Å². The highest BCUT2D eigenvalue weighted by Crippen LogP contribution is 2.23. The summed E-state index contributed by atoms with van der Waals surface area (Å²) in [4.78, 5) is 14.7. The van der Waals surface area contributed by atoms with E-state index in [2.05, 4.69) is 4.72 Å². The standard InChI is InChI=1S/C22H30N2O4S/c1-5-14-24(15-6-2)22(25)18-9-8-17(4)21(16-18)29(26,27)23-19-10-12-20(13-11-19)28-7-3/h8-13,16,23H,5-7,14-15H2,1-4H3. The van der Waals surface area contributed by atoms with Gasteiger partial charge in [0.25, 0.3) is 15.9 Å². The van der Waals surface area contributed by atoms with Crippen LogP contribution in [0, 0.1) is 6.92 Å². The molecular formula is C22H30N2O4S. The van der Waals surface area contributed by atoms with Crippen molar-refractivity contribution in [2.24, 2.45) is 0 Å². The summed E-state index contributed by atoms with van der Waals surface area (Å²) < 4.78 is 33.9. The summed E-state index contributed by atoms with van der Waals surface area (Å²) in [5.74, 6) is 0.525. The molecule has 0 unspecified atom stereocenters. The number of nitrogens with one attached hydrogen (secondary N) is 1. The van der Waals surface area contributed by atoms with Crippen LogP contribution in [0.5, 0.6) is 5.75 Å². The first-order valence-electron chi connectivity index (χ1n) is 9.98. The second kappa shape index (κ2) is 10.3. The maximum atomic E-state index is 13.0. The molecule has 0 heterocycles. The molecule has 2 rings (SSSR count). The van der Waals surface area contributed by atoms with Gasteiger partial charge >= 0.3 is 0 Å². The number of benzene rings is 2. The van der Waals surface area contributed by atoms with Crippen LogP contribution in [0.2, 0.25) is 0 Å². The summed E-state index contributed by atoms with van der Waals surface area (Å²) >= 11 is 0. The predicted octanol–water partition coefficient (Wildman–Crippen LogP) is 4.46. The molecular weight excluding hydrogens is 388 g/mol. The fraction of sp³-hybridized carbons (Fsp3) is 0.409. The number of nitrogens with zero attached hydrogens (tertiary/aromatic N) is 1. The Hall–Kier alpha value is -2.54. The van der Waals surface area contributed by atoms with E-state index in [4.69, 9.17) is 4.74 Å². The van der Waals surface area contributed by atoms with Gasteiger partial charge in [-0.15, -0.1) is 0 Å². The minimum Gasteiger partial charge on any atom is -0.494 e. The topological polar surface area (TPSA) is 75.7 Å². The molecule has 0 aliphatic rings. The Labute approximate surface area is 173 Å². The SMILES string of the molecule is CCCN(CCC)C(=O)c1ccc(C)c(S(=O)(=O)Nc2ccc(OCC)cc2)c1. The smallest absolute Gasteiger partial charge is 0.262 e. The van der Waals surface area contributed by atoms with Crippen LogP contribution in [0.4, 0.5) is 5.69 Å². The summed E-state index contributed by atoms with van der Waals surface area (Å²) in [5.41, 5.74) is 1.39. The number of amides is 1. The number of ether oxygens (including phenoxy) is 1. The predicted molar refractivity (Wildman–Crippen MR) is 116 cm³/mol. The van der Waals surface area contributed by atoms with Gasteiger partial charge in [0.2, 0.25) is 0 Å². The van der Waals surface area contributed by atoms with E-state index in [1.165, 1.54) is 6.07 Å². The maximum Gasteiger partial charge on any atom is 0.262 e. The number of sulfonamides is 1. The maximum absolute atomic E-state index is 13.0. The molecule has 0 aromatic heterocycles. The lowest BCUT2D eigenvalue weighted by Gasteiger charge is -2.22. The average Bonchev–Trinajstić information content (AvgIpc) is 2.69. The van der Waals surface area contributed by atoms with E-state index in [0.717, 1.165) is 12.8 Å². The molecule has 0 atom stereocenters. The second-order valence-electron chi connectivity index (χ2n) is 6.84. The van der Waals surface area contributed by atoms with Gasteiger partial charge in [-0.2, -0.15) is 0 Å². The summed E-state index contributed by atoms with van der Waals surface area (Å²) in [5, 5.41) is 0. The van der Waals surface area contributed by atoms with Crippen LogP contribution in [0.3, 0.4) is 0 Å². The Bertz CT molecular complexity index is 918. The van der Waals surface area contributed by atoms with Crippen LogP contribution in [0.1, 0.15) is 49.5 Å². The number of hydrogen-bond donors (Lipinski definition) is 1. The van der Waals surface area contributed by atoms with E-state index in [0.29, 0.717) is 42.3 Å². The van der Waals surface area contributed by atoms with Crippen LogP contribution < -0.4 is 9.46 Å². The normalized spacial score (nSPS) is 11.2. The van der Waals surface area contributed by atoms with Gasteiger partial charge in [-0.3, -0.25) is 9.52 Å². The van der Waals surface area contributed by atoms with E-state index < -0.39 is 10.0 Å². The van der Waals surface area contributed by atoms with E-state index in [1.807, 2.05) is 20.8 Å². The fourth-order valence-corrected chi connectivity index (χ4v) is 4.39. The molecule has 0 spiro atoms. The minimum atomic E-state index is -3.84. The van der Waals surface area contributed by atoms with Crippen LogP contribution in [0.15, 0.2) is 47.4 Å². The van der Waals surface area contributed by atoms with Gasteiger partial charge in [-0.25, -0.2) is 8.42 Å². The molecule has 158 valence electrons. The van der Waals surface area contributed by atoms with Gasteiger partial charge in [0, 0.05) is 24.3 Å². The van der Waals surface area contributed by atoms with E-state index in [1.54, 1.807) is 48.2 Å². The van der Waals surface area contributed by atoms with Gasteiger partial charge in [0.1, 0.15) is 5.75 Å². The monoisotopic (exact) mass is 418 g/mol. The van der Waals surface area contributed by atoms with Gasteiger partial charge in [0.15, 0.2) is 0 Å². The van der Waals surface area contributed by atoms with E-state index >= 15 is 0 Å². The summed E-state index contributed by atoms with van der Waals surface area (Å²) in [6.07, 6.45) is 1.70. The highest BCUT2D eigenvalue weighted by molar-refractivity contribution is 7.92. The van der Waals surface area contributed by atoms with Crippen LogP contribution in [0.25, 0.3) is 0 Å². The van der Waals surface area contributed by atoms with Crippen molar-refractivity contribution in [1.29, 1.82) is 0 Å². The van der Waals surface area contributed by atoms with Crippen molar-refractivity contribution in [3.05, 3.63) is 53.6 Å². The van der Waals surface area contributed by atoms with Crippen molar-refractivity contribution in [2.75, 3.05) is 24.4 Å². The Morgan fingerprint density at radius 1 is 1.00 bits per heavy atom. The number of hydrogen-bond acceptors (Lipinski definition) is 4. The molecule has 1 N–H and O–H groups in total. The number of carbonyl (C=O) groups excluding carboxylic acids is 1. The quantitative estimate of drug-likeness (QED) is 0.618. The highest BCUT2D eigenvalue weighted by Gasteiger charge is 2.21. The van der Waals surface area contributed by atoms with Gasteiger partial charge in [0.05, 0.1) is 11.5 Å². The number of carbonyl (C=O) groups is 1. The summed E-state index contributed by atoms with van der Waals surface area (Å²) in [6.45, 7) is 9.47. The number of aryl methyl sites for hydroxylation is 1. The first kappa shape index (κ1) is 22.7. The van der Waals surface area contributed by atoms with Gasteiger partial charge in [-0.1, -0.05) is 19.9 Å². The Morgan fingerprint density at radius 2 is 1.62 bits per heavy atom. The molecule has 0 aliphatic carbocycles. The lowest BCUT2D eigenvalue weighted by Crippen LogP contribution is -2.32. The molecule has 0 saturated carbocycles. The number of anilines is 1. The number of rotatable bonds is 10. The lowest BCUT2D eigenvalue weighted by atomic mass is 10.1. The van der Waals surface area contributed by atoms with Gasteiger partial charge in [-0.05, 0) is 68.7 Å². The van der Waals surface area contributed by atoms with Crippen molar-refractivity contribution in [1.82, 2.24) is 4.90 Å². The zero-order valence-electron chi connectivity index (χ0n) is 17.6. The third kappa shape index (κ3) is 5.97. The molecule has 1 amide bonds. The first-order chi connectivity index (χ1) is 13.8. The van der Waals surface area contributed by atoms with Crippen LogP contribution in [-0.4, -0.2) is 38.9 Å². The van der Waals surface area contributed by atoms with Crippen LogP contribution in [-0.2, 0) is 10.0 Å². The third-order valence-corrected chi connectivity index (χ3v) is 5.94. The zero-order chi connectivity index (χ0) is 21.4. The molecule has 0 fully saturated rings. The highest BCUT2D eigenvalue weighted by atomic mass is 32.2. The average molecular weight is 419 g/mol. The van der Waals surface area contributed by atoms with E-state index in [-0.39, 0.29) is 10.8 Å². The lowest BCUT2D eigenvalue weighted by molar-refractivity contribution is 0.0755. The molecule has 0 saturated heterocycles. The van der Waals surface area contributed by atoms with Crippen molar-refractivity contribution >= 4 is 21.6 Å². The van der Waals surface area contributed by atoms with Crippen molar-refractivity contribution in [3.8, 4) is 5.75 Å². The first-order valence-corrected chi connectivity index (χ1v) is 11.5. The van der Waals surface area contributed by atoms with Crippen molar-refractivity contribution < 1.29 is 17.9 Å². The molecule has 2 aromatic carbocycles.